The minimum absolute atomic E-state index is 0.0417. The van der Waals surface area contributed by atoms with Crippen LogP contribution >= 0.6 is 0 Å². The number of hydrogen-bond donors (Lipinski definition) is 0. The van der Waals surface area contributed by atoms with E-state index in [0.29, 0.717) is 0 Å². The minimum atomic E-state index is -0.347. The second-order valence-electron chi connectivity index (χ2n) is 19.3. The van der Waals surface area contributed by atoms with E-state index in [4.69, 9.17) is 13.9 Å². The van der Waals surface area contributed by atoms with E-state index in [-0.39, 0.29) is 23.0 Å². The first kappa shape index (κ1) is 33.9. The third-order valence-electron chi connectivity index (χ3n) is 13.4. The zero-order valence-corrected chi connectivity index (χ0v) is 34.3. The van der Waals surface area contributed by atoms with Gasteiger partial charge in [-0.15, -0.1) is 0 Å². The summed E-state index contributed by atoms with van der Waals surface area (Å²) in [6, 6.07) is 44.5. The van der Waals surface area contributed by atoms with Crippen LogP contribution in [0.25, 0.3) is 60.6 Å². The summed E-state index contributed by atoms with van der Waals surface area (Å²) in [6.45, 7) is 18.3. The maximum atomic E-state index is 7.42. The van der Waals surface area contributed by atoms with E-state index >= 15 is 0 Å². The van der Waals surface area contributed by atoms with Crippen LogP contribution in [0.1, 0.15) is 77.6 Å². The predicted molar refractivity (Wildman–Crippen MR) is 241 cm³/mol. The van der Waals surface area contributed by atoms with Crippen molar-refractivity contribution in [1.82, 2.24) is 4.57 Å². The van der Waals surface area contributed by atoms with Gasteiger partial charge in [-0.25, -0.2) is 0 Å². The van der Waals surface area contributed by atoms with E-state index in [1.165, 1.54) is 49.7 Å². The molecule has 2 aromatic heterocycles. The second kappa shape index (κ2) is 11.0. The van der Waals surface area contributed by atoms with Crippen molar-refractivity contribution in [2.24, 2.45) is 0 Å². The van der Waals surface area contributed by atoms with Crippen molar-refractivity contribution in [3.05, 3.63) is 144 Å². The standard InChI is InChI=1S/C53H44BNO3/c1-51(2,3)29-21-24-42-36(25-29)54-37-28-40(55-38-19-13-10-17-34(38)46-39(55)23-22-32-31-15-11-14-20-41(31)57-49(32)46)45-33-16-9-12-18-35(33)53(7,8)47(45)50(37)58-44-27-30(52(4,5)6)26-43(56-42)48(44)54/h9-28H,1-8H3. The molecule has 0 saturated carbocycles. The number of benzene rings is 7. The van der Waals surface area contributed by atoms with Crippen LogP contribution in [-0.2, 0) is 16.2 Å². The molecule has 0 spiro atoms. The van der Waals surface area contributed by atoms with Gasteiger partial charge in [-0.05, 0) is 92.5 Å². The average molecular weight is 754 g/mol. The van der Waals surface area contributed by atoms with E-state index in [9.17, 15) is 0 Å². The number of fused-ring (bicyclic) bond motifs is 15. The van der Waals surface area contributed by atoms with Gasteiger partial charge in [-0.2, -0.15) is 0 Å². The molecule has 5 heteroatoms. The molecule has 0 atom stereocenters. The van der Waals surface area contributed by atoms with Crippen LogP contribution in [0.15, 0.2) is 126 Å². The normalized spacial score (nSPS) is 14.9. The fourth-order valence-electron chi connectivity index (χ4n) is 10.4. The Morgan fingerprint density at radius 3 is 2.09 bits per heavy atom. The van der Waals surface area contributed by atoms with Crippen LogP contribution in [0.5, 0.6) is 23.0 Å². The molecule has 4 heterocycles. The molecule has 0 amide bonds. The number of nitrogens with zero attached hydrogens (tertiary/aromatic N) is 1. The van der Waals surface area contributed by atoms with Crippen molar-refractivity contribution >= 4 is 66.8 Å². The highest BCUT2D eigenvalue weighted by Crippen LogP contribution is 2.56. The van der Waals surface area contributed by atoms with Gasteiger partial charge in [0.2, 0.25) is 0 Å². The minimum Gasteiger partial charge on any atom is -0.458 e. The summed E-state index contributed by atoms with van der Waals surface area (Å²) >= 11 is 0. The summed E-state index contributed by atoms with van der Waals surface area (Å²) in [5, 5.41) is 4.57. The van der Waals surface area contributed by atoms with Crippen LogP contribution < -0.4 is 25.9 Å². The molecular formula is C53H44BNO3. The Hall–Kier alpha value is -6.20. The summed E-state index contributed by atoms with van der Waals surface area (Å²) in [5.41, 5.74) is 15.7. The number of hydrogen-bond acceptors (Lipinski definition) is 3. The summed E-state index contributed by atoms with van der Waals surface area (Å²) in [5.74, 6) is 3.63. The fraction of sp³-hybridized carbons (Fsp3) is 0.208. The Labute approximate surface area is 339 Å². The number of aromatic nitrogens is 1. The first-order valence-electron chi connectivity index (χ1n) is 20.6. The Bertz CT molecular complexity index is 3290. The largest absolute Gasteiger partial charge is 0.458 e. The van der Waals surface area contributed by atoms with E-state index in [1.807, 2.05) is 0 Å². The first-order chi connectivity index (χ1) is 27.8. The zero-order chi connectivity index (χ0) is 39.6. The number of para-hydroxylation sites is 2. The van der Waals surface area contributed by atoms with E-state index in [2.05, 4.69) is 181 Å². The molecule has 58 heavy (non-hydrogen) atoms. The lowest BCUT2D eigenvalue weighted by Crippen LogP contribution is -2.58. The molecule has 0 saturated heterocycles. The van der Waals surface area contributed by atoms with Gasteiger partial charge >= 0.3 is 0 Å². The molecule has 0 N–H and O–H groups in total. The smallest absolute Gasteiger partial charge is 0.260 e. The third kappa shape index (κ3) is 4.37. The molecular weight excluding hydrogens is 709 g/mol. The maximum Gasteiger partial charge on any atom is 0.260 e. The predicted octanol–water partition coefficient (Wildman–Crippen LogP) is 12.3. The monoisotopic (exact) mass is 753 g/mol. The highest BCUT2D eigenvalue weighted by molar-refractivity contribution is 6.98. The Kier molecular flexibility index (Phi) is 6.46. The van der Waals surface area contributed by atoms with Crippen LogP contribution in [0.2, 0.25) is 0 Å². The van der Waals surface area contributed by atoms with Crippen molar-refractivity contribution in [2.75, 3.05) is 0 Å². The molecule has 0 bridgehead atoms. The van der Waals surface area contributed by atoms with Gasteiger partial charge in [0.1, 0.15) is 34.2 Å². The number of ether oxygens (including phenoxy) is 2. The van der Waals surface area contributed by atoms with Crippen LogP contribution in [0, 0.1) is 0 Å². The molecule has 3 aliphatic rings. The van der Waals surface area contributed by atoms with Gasteiger partial charge < -0.3 is 18.5 Å². The lowest BCUT2D eigenvalue weighted by molar-refractivity contribution is 0.449. The van der Waals surface area contributed by atoms with Gasteiger partial charge in [-0.3, -0.25) is 0 Å². The van der Waals surface area contributed by atoms with Crippen LogP contribution in [0.4, 0.5) is 0 Å². The topological polar surface area (TPSA) is 36.5 Å². The second-order valence-corrected chi connectivity index (χ2v) is 19.3. The highest BCUT2D eigenvalue weighted by atomic mass is 16.5. The molecule has 4 nitrogen and oxygen atoms in total. The van der Waals surface area contributed by atoms with Crippen LogP contribution in [-0.4, -0.2) is 11.3 Å². The summed E-state index contributed by atoms with van der Waals surface area (Å²) in [6.07, 6.45) is 0. The maximum absolute atomic E-state index is 7.42. The van der Waals surface area contributed by atoms with Crippen molar-refractivity contribution in [1.29, 1.82) is 0 Å². The van der Waals surface area contributed by atoms with Gasteiger partial charge in [0, 0.05) is 38.2 Å². The van der Waals surface area contributed by atoms with Gasteiger partial charge in [-0.1, -0.05) is 128 Å². The van der Waals surface area contributed by atoms with Crippen molar-refractivity contribution in [3.8, 4) is 39.8 Å². The molecule has 9 aromatic rings. The molecule has 0 radical (unpaired) electrons. The molecule has 0 unspecified atom stereocenters. The third-order valence-corrected chi connectivity index (χ3v) is 13.4. The van der Waals surface area contributed by atoms with Gasteiger partial charge in [0.25, 0.3) is 6.71 Å². The lowest BCUT2D eigenvalue weighted by Gasteiger charge is -2.38. The summed E-state index contributed by atoms with van der Waals surface area (Å²) in [7, 11) is 0. The molecule has 1 aliphatic carbocycles. The Morgan fingerprint density at radius 2 is 1.29 bits per heavy atom. The molecule has 0 fully saturated rings. The molecule has 7 aromatic carbocycles. The van der Waals surface area contributed by atoms with Gasteiger partial charge in [0.15, 0.2) is 0 Å². The Balaban J connectivity index is 1.24. The highest BCUT2D eigenvalue weighted by Gasteiger charge is 2.48. The number of furan rings is 1. The fourth-order valence-corrected chi connectivity index (χ4v) is 10.4. The summed E-state index contributed by atoms with van der Waals surface area (Å²) < 4.78 is 23.6. The zero-order valence-electron chi connectivity index (χ0n) is 34.3. The van der Waals surface area contributed by atoms with Crippen molar-refractivity contribution in [3.63, 3.8) is 0 Å². The first-order valence-corrected chi connectivity index (χ1v) is 20.6. The van der Waals surface area contributed by atoms with E-state index in [1.54, 1.807) is 0 Å². The van der Waals surface area contributed by atoms with Gasteiger partial charge in [0.05, 0.1) is 22.1 Å². The summed E-state index contributed by atoms with van der Waals surface area (Å²) in [4.78, 5) is 0. The molecule has 282 valence electrons. The number of rotatable bonds is 1. The average Bonchev–Trinajstić information content (AvgIpc) is 3.82. The quantitative estimate of drug-likeness (QED) is 0.157. The molecule has 12 rings (SSSR count). The van der Waals surface area contributed by atoms with Crippen LogP contribution in [0.3, 0.4) is 0 Å². The van der Waals surface area contributed by atoms with E-state index in [0.717, 1.165) is 72.5 Å². The van der Waals surface area contributed by atoms with Crippen molar-refractivity contribution < 1.29 is 13.9 Å². The lowest BCUT2D eigenvalue weighted by atomic mass is 9.34. The van der Waals surface area contributed by atoms with E-state index < -0.39 is 0 Å². The molecule has 2 aliphatic heterocycles. The Morgan fingerprint density at radius 1 is 0.586 bits per heavy atom. The SMILES string of the molecule is CC(C)(C)c1cc2c3c(c1)Oc1c(cc(-n4c5ccccc5c5c6oc7ccccc7c6ccc54)c4c1C(C)(C)c1ccccc1-4)B3c1cc(C(C)(C)C)ccc1O2. The van der Waals surface area contributed by atoms with Crippen molar-refractivity contribution in [2.45, 2.75) is 71.6 Å².